The van der Waals surface area contributed by atoms with Gasteiger partial charge in [0.05, 0.1) is 10.3 Å². The number of nitrogens with zero attached hydrogens (tertiary/aromatic N) is 1. The zero-order chi connectivity index (χ0) is 13.5. The third-order valence-electron chi connectivity index (χ3n) is 3.12. The van der Waals surface area contributed by atoms with E-state index in [9.17, 15) is 13.2 Å². The molecule has 1 unspecified atom stereocenters. The van der Waals surface area contributed by atoms with Crippen LogP contribution in [0.2, 0.25) is 4.34 Å². The molecule has 18 heavy (non-hydrogen) atoms. The van der Waals surface area contributed by atoms with Crippen molar-refractivity contribution in [2.24, 2.45) is 11.8 Å². The fourth-order valence-corrected chi connectivity index (χ4v) is 4.94. The Labute approximate surface area is 114 Å². The molecule has 2 heterocycles. The number of sulfonamides is 1. The van der Waals surface area contributed by atoms with Gasteiger partial charge in [-0.1, -0.05) is 18.5 Å². The van der Waals surface area contributed by atoms with Crippen molar-refractivity contribution in [1.29, 1.82) is 0 Å². The van der Waals surface area contributed by atoms with E-state index in [2.05, 4.69) is 0 Å². The molecule has 1 aromatic heterocycles. The Bertz CT molecular complexity index is 562. The first-order valence-electron chi connectivity index (χ1n) is 5.30. The maximum atomic E-state index is 12.1. The fraction of sp³-hybridized carbons (Fsp3) is 0.500. The molecule has 1 fully saturated rings. The number of carboxylic acid groups (broad SMARTS) is 1. The average molecular weight is 310 g/mol. The standard InChI is InChI=1S/C10H12ClNO4S2/c1-6(10(13)14)7-4-12(5-7)18(15,16)9-3-2-8(11)17-9/h2-3,6-7H,4-5H2,1H3,(H,13,14). The number of hydrogen-bond acceptors (Lipinski definition) is 4. The number of carbonyl (C=O) groups is 1. The van der Waals surface area contributed by atoms with E-state index in [0.29, 0.717) is 4.34 Å². The quantitative estimate of drug-likeness (QED) is 0.919. The minimum absolute atomic E-state index is 0.118. The third kappa shape index (κ3) is 2.40. The average Bonchev–Trinajstić information content (AvgIpc) is 2.62. The van der Waals surface area contributed by atoms with Crippen molar-refractivity contribution in [3.63, 3.8) is 0 Å². The van der Waals surface area contributed by atoms with Crippen molar-refractivity contribution in [1.82, 2.24) is 4.31 Å². The molecular formula is C10H12ClNO4S2. The first-order chi connectivity index (χ1) is 8.32. The predicted molar refractivity (Wildman–Crippen MR) is 68.4 cm³/mol. The third-order valence-corrected chi connectivity index (χ3v) is 6.65. The second-order valence-electron chi connectivity index (χ2n) is 4.27. The minimum Gasteiger partial charge on any atom is -0.481 e. The van der Waals surface area contributed by atoms with Crippen LogP contribution in [0.15, 0.2) is 16.3 Å². The summed E-state index contributed by atoms with van der Waals surface area (Å²) in [6.45, 7) is 2.11. The van der Waals surface area contributed by atoms with Gasteiger partial charge in [0.15, 0.2) is 0 Å². The molecule has 5 nitrogen and oxygen atoms in total. The summed E-state index contributed by atoms with van der Waals surface area (Å²) in [5.74, 6) is -1.53. The van der Waals surface area contributed by atoms with Gasteiger partial charge in [0, 0.05) is 13.1 Å². The highest BCUT2D eigenvalue weighted by molar-refractivity contribution is 7.91. The summed E-state index contributed by atoms with van der Waals surface area (Å²) in [5.41, 5.74) is 0. The van der Waals surface area contributed by atoms with Gasteiger partial charge in [-0.05, 0) is 18.1 Å². The molecule has 0 aromatic carbocycles. The maximum absolute atomic E-state index is 12.1. The molecule has 2 rings (SSSR count). The van der Waals surface area contributed by atoms with Gasteiger partial charge < -0.3 is 5.11 Å². The SMILES string of the molecule is CC(C(=O)O)C1CN(S(=O)(=O)c2ccc(Cl)s2)C1. The lowest BCUT2D eigenvalue weighted by molar-refractivity contribution is -0.144. The van der Waals surface area contributed by atoms with Crippen molar-refractivity contribution in [2.45, 2.75) is 11.1 Å². The van der Waals surface area contributed by atoms with E-state index in [-0.39, 0.29) is 23.2 Å². The van der Waals surface area contributed by atoms with Crippen LogP contribution in [0.25, 0.3) is 0 Å². The van der Waals surface area contributed by atoms with Crippen LogP contribution in [0.3, 0.4) is 0 Å². The van der Waals surface area contributed by atoms with E-state index < -0.39 is 21.9 Å². The van der Waals surface area contributed by atoms with E-state index in [1.807, 2.05) is 0 Å². The van der Waals surface area contributed by atoms with Crippen LogP contribution in [0.5, 0.6) is 0 Å². The van der Waals surface area contributed by atoms with Gasteiger partial charge >= 0.3 is 5.97 Å². The monoisotopic (exact) mass is 309 g/mol. The Morgan fingerprint density at radius 2 is 2.17 bits per heavy atom. The second-order valence-corrected chi connectivity index (χ2v) is 8.15. The number of halogens is 1. The summed E-state index contributed by atoms with van der Waals surface area (Å²) >= 11 is 6.72. The smallest absolute Gasteiger partial charge is 0.306 e. The highest BCUT2D eigenvalue weighted by Gasteiger charge is 2.41. The molecule has 0 bridgehead atoms. The Balaban J connectivity index is 2.06. The molecule has 0 spiro atoms. The Kier molecular flexibility index (Phi) is 3.68. The zero-order valence-electron chi connectivity index (χ0n) is 9.54. The van der Waals surface area contributed by atoms with E-state index in [4.69, 9.17) is 16.7 Å². The predicted octanol–water partition coefficient (Wildman–Crippen LogP) is 1.74. The van der Waals surface area contributed by atoms with Crippen molar-refractivity contribution in [2.75, 3.05) is 13.1 Å². The number of thiophene rings is 1. The van der Waals surface area contributed by atoms with Crippen LogP contribution in [-0.4, -0.2) is 36.9 Å². The van der Waals surface area contributed by atoms with Gasteiger partial charge in [0.2, 0.25) is 0 Å². The van der Waals surface area contributed by atoms with E-state index in [1.54, 1.807) is 6.92 Å². The molecule has 1 atom stereocenters. The van der Waals surface area contributed by atoms with Crippen molar-refractivity contribution in [3.8, 4) is 0 Å². The summed E-state index contributed by atoms with van der Waals surface area (Å²) < 4.78 is 26.1. The minimum atomic E-state index is -3.50. The lowest BCUT2D eigenvalue weighted by Crippen LogP contribution is -2.53. The molecule has 0 amide bonds. The summed E-state index contributed by atoms with van der Waals surface area (Å²) in [6.07, 6.45) is 0. The van der Waals surface area contributed by atoms with Crippen molar-refractivity contribution >= 4 is 38.9 Å². The first-order valence-corrected chi connectivity index (χ1v) is 7.94. The van der Waals surface area contributed by atoms with Crippen LogP contribution < -0.4 is 0 Å². The molecule has 1 N–H and O–H groups in total. The molecule has 1 aliphatic heterocycles. The highest BCUT2D eigenvalue weighted by Crippen LogP contribution is 2.33. The highest BCUT2D eigenvalue weighted by atomic mass is 35.5. The van der Waals surface area contributed by atoms with Gasteiger partial charge in [0.25, 0.3) is 10.0 Å². The van der Waals surface area contributed by atoms with E-state index in [0.717, 1.165) is 11.3 Å². The van der Waals surface area contributed by atoms with Crippen LogP contribution in [0.4, 0.5) is 0 Å². The zero-order valence-corrected chi connectivity index (χ0v) is 11.9. The first kappa shape index (κ1) is 13.8. The summed E-state index contributed by atoms with van der Waals surface area (Å²) in [7, 11) is -3.50. The van der Waals surface area contributed by atoms with Crippen molar-refractivity contribution in [3.05, 3.63) is 16.5 Å². The molecule has 0 saturated carbocycles. The Morgan fingerprint density at radius 3 is 2.61 bits per heavy atom. The Hall–Kier alpha value is -0.630. The number of aliphatic carboxylic acids is 1. The summed E-state index contributed by atoms with van der Waals surface area (Å²) in [6, 6.07) is 3.01. The number of hydrogen-bond donors (Lipinski definition) is 1. The fourth-order valence-electron chi connectivity index (χ4n) is 1.75. The van der Waals surface area contributed by atoms with Crippen molar-refractivity contribution < 1.29 is 18.3 Å². The lowest BCUT2D eigenvalue weighted by atomic mass is 9.89. The van der Waals surface area contributed by atoms with Crippen LogP contribution in [0, 0.1) is 11.8 Å². The molecule has 100 valence electrons. The number of carboxylic acids is 1. The van der Waals surface area contributed by atoms with Gasteiger partial charge in [-0.25, -0.2) is 8.42 Å². The molecule has 1 aliphatic rings. The van der Waals surface area contributed by atoms with E-state index in [1.165, 1.54) is 16.4 Å². The molecule has 8 heteroatoms. The lowest BCUT2D eigenvalue weighted by Gasteiger charge is -2.39. The molecular weight excluding hydrogens is 298 g/mol. The number of rotatable bonds is 4. The van der Waals surface area contributed by atoms with Crippen LogP contribution >= 0.6 is 22.9 Å². The van der Waals surface area contributed by atoms with Crippen LogP contribution in [0.1, 0.15) is 6.92 Å². The summed E-state index contributed by atoms with van der Waals surface area (Å²) in [5, 5.41) is 8.84. The Morgan fingerprint density at radius 1 is 1.56 bits per heavy atom. The molecule has 0 radical (unpaired) electrons. The molecule has 1 saturated heterocycles. The van der Waals surface area contributed by atoms with Gasteiger partial charge in [-0.3, -0.25) is 4.79 Å². The van der Waals surface area contributed by atoms with Gasteiger partial charge in [0.1, 0.15) is 4.21 Å². The van der Waals surface area contributed by atoms with Gasteiger partial charge in [-0.2, -0.15) is 4.31 Å². The normalized spacial score (nSPS) is 19.4. The van der Waals surface area contributed by atoms with Crippen LogP contribution in [-0.2, 0) is 14.8 Å². The van der Waals surface area contributed by atoms with E-state index >= 15 is 0 Å². The summed E-state index contributed by atoms with van der Waals surface area (Å²) in [4.78, 5) is 10.8. The maximum Gasteiger partial charge on any atom is 0.306 e. The van der Waals surface area contributed by atoms with Gasteiger partial charge in [-0.15, -0.1) is 11.3 Å². The molecule has 0 aliphatic carbocycles. The second kappa shape index (κ2) is 4.80. The largest absolute Gasteiger partial charge is 0.481 e. The topological polar surface area (TPSA) is 74.7 Å². The molecule has 1 aromatic rings.